The summed E-state index contributed by atoms with van der Waals surface area (Å²) in [7, 11) is 2.37. The summed E-state index contributed by atoms with van der Waals surface area (Å²) in [5.74, 6) is -1.81. The van der Waals surface area contributed by atoms with Gasteiger partial charge in [-0.15, -0.1) is 0 Å². The molecule has 7 nitrogen and oxygen atoms in total. The van der Waals surface area contributed by atoms with Gasteiger partial charge in [0.1, 0.15) is 18.5 Å². The second-order valence-corrected chi connectivity index (χ2v) is 4.36. The van der Waals surface area contributed by atoms with Gasteiger partial charge in [0, 0.05) is 0 Å². The van der Waals surface area contributed by atoms with Gasteiger partial charge in [0.05, 0.1) is 20.3 Å². The molecule has 0 aliphatic heterocycles. The number of carbonyl (C=O) groups excluding carboxylic acids is 3. The lowest BCUT2D eigenvalue weighted by Gasteiger charge is -2.37. The summed E-state index contributed by atoms with van der Waals surface area (Å²) in [5, 5.41) is 9.11. The van der Waals surface area contributed by atoms with Crippen LogP contribution in [0, 0.1) is 16.7 Å². The van der Waals surface area contributed by atoms with E-state index < -0.39 is 23.3 Å². The van der Waals surface area contributed by atoms with Crippen molar-refractivity contribution in [1.29, 1.82) is 5.26 Å². The molecule has 0 N–H and O–H groups in total. The van der Waals surface area contributed by atoms with Gasteiger partial charge in [-0.05, 0) is 19.3 Å². The summed E-state index contributed by atoms with van der Waals surface area (Å²) < 4.78 is 8.95. The van der Waals surface area contributed by atoms with Gasteiger partial charge in [0.15, 0.2) is 0 Å². The highest BCUT2D eigenvalue weighted by Crippen LogP contribution is 2.41. The molecule has 1 aliphatic rings. The third-order valence-electron chi connectivity index (χ3n) is 3.21. The first-order chi connectivity index (χ1) is 8.99. The number of hydrogen-bond acceptors (Lipinski definition) is 6. The van der Waals surface area contributed by atoms with Crippen LogP contribution in [0.5, 0.6) is 0 Å². The first-order valence-corrected chi connectivity index (χ1v) is 5.83. The number of rotatable bonds is 5. The Bertz CT molecular complexity index is 404. The molecule has 1 amide bonds. The number of nitrogens with zero attached hydrogens (tertiary/aromatic N) is 2. The van der Waals surface area contributed by atoms with E-state index in [0.29, 0.717) is 12.8 Å². The van der Waals surface area contributed by atoms with E-state index in [1.165, 1.54) is 14.2 Å². The molecule has 0 bridgehead atoms. The lowest BCUT2D eigenvalue weighted by atomic mass is 9.69. The molecule has 0 aromatic carbocycles. The maximum atomic E-state index is 12.3. The van der Waals surface area contributed by atoms with Gasteiger partial charge in [-0.25, -0.2) is 0 Å². The third kappa shape index (κ3) is 3.22. The standard InChI is InChI=1S/C12H16N2O5/c1-18-9(15)6-14(7-10(16)19-2)11(17)12(8-13)4-3-5-12/h3-7H2,1-2H3. The number of amides is 1. The van der Waals surface area contributed by atoms with Crippen LogP contribution >= 0.6 is 0 Å². The van der Waals surface area contributed by atoms with Crippen LogP contribution in [0.3, 0.4) is 0 Å². The van der Waals surface area contributed by atoms with E-state index in [9.17, 15) is 14.4 Å². The van der Waals surface area contributed by atoms with Crippen molar-refractivity contribution in [3.05, 3.63) is 0 Å². The molecule has 1 saturated carbocycles. The average Bonchev–Trinajstić information content (AvgIpc) is 2.36. The Morgan fingerprint density at radius 3 is 1.89 bits per heavy atom. The number of carbonyl (C=O) groups is 3. The Morgan fingerprint density at radius 2 is 1.63 bits per heavy atom. The lowest BCUT2D eigenvalue weighted by molar-refractivity contribution is -0.157. The van der Waals surface area contributed by atoms with Gasteiger partial charge in [-0.1, -0.05) is 0 Å². The van der Waals surface area contributed by atoms with Crippen LogP contribution in [0.2, 0.25) is 0 Å². The molecule has 0 spiro atoms. The quantitative estimate of drug-likeness (QED) is 0.643. The number of esters is 2. The van der Waals surface area contributed by atoms with Crippen molar-refractivity contribution in [2.75, 3.05) is 27.3 Å². The van der Waals surface area contributed by atoms with Gasteiger partial charge in [-0.3, -0.25) is 14.4 Å². The first kappa shape index (κ1) is 15.0. The van der Waals surface area contributed by atoms with E-state index in [1.807, 2.05) is 6.07 Å². The predicted octanol–water partition coefficient (Wildman–Crippen LogP) is -0.145. The van der Waals surface area contributed by atoms with Gasteiger partial charge >= 0.3 is 11.9 Å². The third-order valence-corrected chi connectivity index (χ3v) is 3.21. The van der Waals surface area contributed by atoms with Gasteiger partial charge in [0.25, 0.3) is 0 Å². The molecule has 0 aromatic rings. The van der Waals surface area contributed by atoms with Crippen LogP contribution in [-0.2, 0) is 23.9 Å². The van der Waals surface area contributed by atoms with Crippen LogP contribution in [0.25, 0.3) is 0 Å². The summed E-state index contributed by atoms with van der Waals surface area (Å²) in [5.41, 5.74) is -1.11. The Hall–Kier alpha value is -2.10. The highest BCUT2D eigenvalue weighted by molar-refractivity contribution is 5.91. The zero-order valence-electron chi connectivity index (χ0n) is 11.0. The number of nitriles is 1. The Morgan fingerprint density at radius 1 is 1.16 bits per heavy atom. The molecule has 0 unspecified atom stereocenters. The highest BCUT2D eigenvalue weighted by atomic mass is 16.5. The van der Waals surface area contributed by atoms with Crippen LogP contribution in [0.15, 0.2) is 0 Å². The van der Waals surface area contributed by atoms with E-state index in [1.54, 1.807) is 0 Å². The van der Waals surface area contributed by atoms with Gasteiger partial charge < -0.3 is 14.4 Å². The molecule has 0 aromatic heterocycles. The predicted molar refractivity (Wildman–Crippen MR) is 62.5 cm³/mol. The minimum atomic E-state index is -1.11. The molecule has 0 atom stereocenters. The molecule has 1 fully saturated rings. The number of ether oxygens (including phenoxy) is 2. The highest BCUT2D eigenvalue weighted by Gasteiger charge is 2.47. The summed E-state index contributed by atoms with van der Waals surface area (Å²) in [6, 6.07) is 1.98. The molecule has 0 saturated heterocycles. The summed E-state index contributed by atoms with van der Waals surface area (Å²) in [6.07, 6.45) is 1.67. The van der Waals surface area contributed by atoms with E-state index in [-0.39, 0.29) is 13.1 Å². The smallest absolute Gasteiger partial charge is 0.325 e. The zero-order valence-corrected chi connectivity index (χ0v) is 11.0. The van der Waals surface area contributed by atoms with Crippen LogP contribution < -0.4 is 0 Å². The molecule has 7 heteroatoms. The van der Waals surface area contributed by atoms with Crippen molar-refractivity contribution in [3.8, 4) is 6.07 Å². The Labute approximate surface area is 111 Å². The summed E-state index contributed by atoms with van der Waals surface area (Å²) in [6.45, 7) is -0.734. The monoisotopic (exact) mass is 268 g/mol. The molecule has 0 radical (unpaired) electrons. The van der Waals surface area contributed by atoms with Crippen molar-refractivity contribution in [2.45, 2.75) is 19.3 Å². The number of methoxy groups -OCH3 is 2. The van der Waals surface area contributed by atoms with Crippen molar-refractivity contribution in [2.24, 2.45) is 5.41 Å². The van der Waals surface area contributed by atoms with E-state index in [0.717, 1.165) is 11.3 Å². The maximum Gasteiger partial charge on any atom is 0.325 e. The molecular formula is C12H16N2O5. The minimum absolute atomic E-state index is 0.367. The van der Waals surface area contributed by atoms with E-state index in [2.05, 4.69) is 9.47 Å². The molecule has 19 heavy (non-hydrogen) atoms. The van der Waals surface area contributed by atoms with E-state index in [4.69, 9.17) is 5.26 Å². The van der Waals surface area contributed by atoms with Crippen molar-refractivity contribution < 1.29 is 23.9 Å². The summed E-state index contributed by atoms with van der Waals surface area (Å²) in [4.78, 5) is 35.8. The SMILES string of the molecule is COC(=O)CN(CC(=O)OC)C(=O)C1(C#N)CCC1. The summed E-state index contributed by atoms with van der Waals surface area (Å²) >= 11 is 0. The normalized spacial score (nSPS) is 15.6. The second-order valence-electron chi connectivity index (χ2n) is 4.36. The second kappa shape index (κ2) is 6.18. The van der Waals surface area contributed by atoms with E-state index >= 15 is 0 Å². The Balaban J connectivity index is 2.83. The molecule has 104 valence electrons. The van der Waals surface area contributed by atoms with Gasteiger partial charge in [0.2, 0.25) is 5.91 Å². The van der Waals surface area contributed by atoms with Crippen LogP contribution in [0.4, 0.5) is 0 Å². The average molecular weight is 268 g/mol. The number of hydrogen-bond donors (Lipinski definition) is 0. The van der Waals surface area contributed by atoms with Crippen molar-refractivity contribution >= 4 is 17.8 Å². The lowest BCUT2D eigenvalue weighted by Crippen LogP contribution is -2.50. The zero-order chi connectivity index (χ0) is 14.5. The van der Waals surface area contributed by atoms with Gasteiger partial charge in [-0.2, -0.15) is 5.26 Å². The van der Waals surface area contributed by atoms with Crippen LogP contribution in [-0.4, -0.2) is 50.1 Å². The molecule has 1 aliphatic carbocycles. The molecule has 0 heterocycles. The van der Waals surface area contributed by atoms with Crippen molar-refractivity contribution in [3.63, 3.8) is 0 Å². The fraction of sp³-hybridized carbons (Fsp3) is 0.667. The minimum Gasteiger partial charge on any atom is -0.468 e. The molecular weight excluding hydrogens is 252 g/mol. The molecule has 1 rings (SSSR count). The topological polar surface area (TPSA) is 96.7 Å². The maximum absolute atomic E-state index is 12.3. The largest absolute Gasteiger partial charge is 0.468 e. The van der Waals surface area contributed by atoms with Crippen LogP contribution in [0.1, 0.15) is 19.3 Å². The Kier molecular flexibility index (Phi) is 4.87. The first-order valence-electron chi connectivity index (χ1n) is 5.83. The van der Waals surface area contributed by atoms with Crippen molar-refractivity contribution in [1.82, 2.24) is 4.90 Å². The fourth-order valence-electron chi connectivity index (χ4n) is 1.85. The fourth-order valence-corrected chi connectivity index (χ4v) is 1.85.